The van der Waals surface area contributed by atoms with Gasteiger partial charge in [-0.1, -0.05) is 260 Å². The maximum atomic E-state index is 12.8. The third-order valence-electron chi connectivity index (χ3n) is 12.9. The molecule has 71 heavy (non-hydrogen) atoms. The van der Waals surface area contributed by atoms with E-state index in [1.807, 2.05) is 0 Å². The van der Waals surface area contributed by atoms with Gasteiger partial charge in [0.15, 0.2) is 6.10 Å². The second-order valence-corrected chi connectivity index (χ2v) is 19.9. The van der Waals surface area contributed by atoms with E-state index in [0.717, 1.165) is 116 Å². The normalized spacial score (nSPS) is 12.7. The van der Waals surface area contributed by atoms with Gasteiger partial charge in [-0.25, -0.2) is 0 Å². The summed E-state index contributed by atoms with van der Waals surface area (Å²) in [6, 6.07) is 0. The van der Waals surface area contributed by atoms with Crippen LogP contribution in [-0.4, -0.2) is 37.2 Å². The number of rotatable bonds is 54. The summed E-state index contributed by atoms with van der Waals surface area (Å²) in [5.74, 6) is -0.890. The summed E-state index contributed by atoms with van der Waals surface area (Å²) in [5, 5.41) is 0. The molecule has 6 heteroatoms. The van der Waals surface area contributed by atoms with Gasteiger partial charge in [0.25, 0.3) is 0 Å². The fourth-order valence-corrected chi connectivity index (χ4v) is 8.38. The first-order valence-corrected chi connectivity index (χ1v) is 30.1. The van der Waals surface area contributed by atoms with E-state index in [4.69, 9.17) is 14.2 Å². The van der Waals surface area contributed by atoms with Crippen molar-refractivity contribution < 1.29 is 28.6 Å². The molecule has 0 radical (unpaired) electrons. The number of carbonyl (C=O) groups excluding carboxylic acids is 3. The lowest BCUT2D eigenvalue weighted by Gasteiger charge is -2.18. The van der Waals surface area contributed by atoms with E-state index in [2.05, 4.69) is 106 Å². The van der Waals surface area contributed by atoms with Crippen LogP contribution >= 0.6 is 0 Å². The first-order valence-electron chi connectivity index (χ1n) is 30.1. The molecule has 0 aromatic heterocycles. The Bertz CT molecular complexity index is 1370. The lowest BCUT2D eigenvalue weighted by molar-refractivity contribution is -0.167. The van der Waals surface area contributed by atoms with E-state index in [9.17, 15) is 14.4 Å². The Hall–Kier alpha value is -3.41. The van der Waals surface area contributed by atoms with Gasteiger partial charge >= 0.3 is 17.9 Å². The van der Waals surface area contributed by atoms with E-state index < -0.39 is 6.10 Å². The van der Waals surface area contributed by atoms with Crippen LogP contribution in [0.25, 0.3) is 0 Å². The van der Waals surface area contributed by atoms with Gasteiger partial charge in [-0.3, -0.25) is 14.4 Å². The molecule has 1 unspecified atom stereocenters. The number of hydrogen-bond acceptors (Lipinski definition) is 6. The van der Waals surface area contributed by atoms with Crippen molar-refractivity contribution in [2.24, 2.45) is 0 Å². The molecule has 0 spiro atoms. The maximum Gasteiger partial charge on any atom is 0.306 e. The monoisotopic (exact) mass is 989 g/mol. The van der Waals surface area contributed by atoms with Crippen molar-refractivity contribution in [3.63, 3.8) is 0 Å². The van der Waals surface area contributed by atoms with Crippen LogP contribution in [0, 0.1) is 0 Å². The average molecular weight is 990 g/mol. The van der Waals surface area contributed by atoms with Crippen molar-refractivity contribution >= 4 is 17.9 Å². The molecule has 0 heterocycles. The van der Waals surface area contributed by atoms with Gasteiger partial charge in [-0.05, 0) is 96.3 Å². The van der Waals surface area contributed by atoms with Crippen molar-refractivity contribution in [1.82, 2.24) is 0 Å². The Morgan fingerprint density at radius 1 is 0.296 bits per heavy atom. The van der Waals surface area contributed by atoms with Crippen molar-refractivity contribution in [2.45, 2.75) is 297 Å². The molecule has 0 saturated heterocycles. The van der Waals surface area contributed by atoms with Crippen molar-refractivity contribution in [3.05, 3.63) is 85.1 Å². The smallest absolute Gasteiger partial charge is 0.306 e. The van der Waals surface area contributed by atoms with Gasteiger partial charge in [-0.2, -0.15) is 0 Å². The summed E-state index contributed by atoms with van der Waals surface area (Å²) >= 11 is 0. The zero-order chi connectivity index (χ0) is 51.4. The van der Waals surface area contributed by atoms with E-state index in [1.165, 1.54) is 135 Å². The standard InChI is InChI=1S/C65H112O6/c1-4-7-10-13-16-19-22-24-26-27-28-29-30-31-32-33-34-35-36-37-39-40-43-46-49-52-55-58-64(67)70-61-62(60-69-63(66)57-54-51-48-45-42-21-18-15-12-9-6-3)71-65(68)59-56-53-50-47-44-41-38-25-23-20-17-14-11-8-5-2/h7,10,16-17,19-20,24-26,28-29,31-32,38,62H,4-6,8-9,11-15,18,21-23,27,30,33-37,39-61H2,1-3H3/b10-7-,19-16-,20-17-,26-24-,29-28-,32-31-,38-25-. The van der Waals surface area contributed by atoms with E-state index in [1.54, 1.807) is 0 Å². The van der Waals surface area contributed by atoms with Crippen LogP contribution in [0.15, 0.2) is 85.1 Å². The Labute approximate surface area is 439 Å². The highest BCUT2D eigenvalue weighted by Gasteiger charge is 2.19. The van der Waals surface area contributed by atoms with Crippen LogP contribution in [-0.2, 0) is 28.6 Å². The molecule has 0 aromatic rings. The van der Waals surface area contributed by atoms with E-state index in [0.29, 0.717) is 19.3 Å². The van der Waals surface area contributed by atoms with Gasteiger partial charge in [0.05, 0.1) is 0 Å². The van der Waals surface area contributed by atoms with E-state index >= 15 is 0 Å². The quantitative estimate of drug-likeness (QED) is 0.0261. The zero-order valence-corrected chi connectivity index (χ0v) is 46.7. The second-order valence-electron chi connectivity index (χ2n) is 19.9. The highest BCUT2D eigenvalue weighted by molar-refractivity contribution is 5.71. The molecule has 408 valence electrons. The first kappa shape index (κ1) is 67.6. The summed E-state index contributed by atoms with van der Waals surface area (Å²) in [6.07, 6.45) is 77.2. The molecular weight excluding hydrogens is 877 g/mol. The number of allylic oxidation sites excluding steroid dienone is 14. The molecule has 0 aromatic carbocycles. The zero-order valence-electron chi connectivity index (χ0n) is 46.7. The van der Waals surface area contributed by atoms with Crippen LogP contribution in [0.5, 0.6) is 0 Å². The van der Waals surface area contributed by atoms with Crippen molar-refractivity contribution in [3.8, 4) is 0 Å². The van der Waals surface area contributed by atoms with Crippen LogP contribution in [0.1, 0.15) is 290 Å². The van der Waals surface area contributed by atoms with Gasteiger partial charge in [-0.15, -0.1) is 0 Å². The molecule has 0 fully saturated rings. The highest BCUT2D eigenvalue weighted by atomic mass is 16.6. The van der Waals surface area contributed by atoms with Gasteiger partial charge in [0.2, 0.25) is 0 Å². The molecule has 0 saturated carbocycles. The van der Waals surface area contributed by atoms with Gasteiger partial charge in [0.1, 0.15) is 13.2 Å². The Balaban J connectivity index is 4.25. The first-order chi connectivity index (χ1) is 35.0. The number of carbonyl (C=O) groups is 3. The van der Waals surface area contributed by atoms with E-state index in [-0.39, 0.29) is 31.1 Å². The molecule has 0 aliphatic rings. The average Bonchev–Trinajstić information content (AvgIpc) is 3.37. The molecule has 1 atom stereocenters. The number of unbranched alkanes of at least 4 members (excludes halogenated alkanes) is 29. The van der Waals surface area contributed by atoms with Crippen LogP contribution in [0.4, 0.5) is 0 Å². The number of ether oxygens (including phenoxy) is 3. The fourth-order valence-electron chi connectivity index (χ4n) is 8.38. The van der Waals surface area contributed by atoms with Crippen LogP contribution < -0.4 is 0 Å². The predicted molar refractivity (Wildman–Crippen MR) is 307 cm³/mol. The van der Waals surface area contributed by atoms with Crippen LogP contribution in [0.3, 0.4) is 0 Å². The molecule has 0 amide bonds. The summed E-state index contributed by atoms with van der Waals surface area (Å²) in [4.78, 5) is 38.1. The summed E-state index contributed by atoms with van der Waals surface area (Å²) in [6.45, 7) is 6.50. The van der Waals surface area contributed by atoms with Crippen LogP contribution in [0.2, 0.25) is 0 Å². The summed E-state index contributed by atoms with van der Waals surface area (Å²) in [5.41, 5.74) is 0. The summed E-state index contributed by atoms with van der Waals surface area (Å²) < 4.78 is 16.9. The third-order valence-corrected chi connectivity index (χ3v) is 12.9. The maximum absolute atomic E-state index is 12.8. The second kappa shape index (κ2) is 59.2. The third kappa shape index (κ3) is 57.4. The molecule has 0 bridgehead atoms. The molecular formula is C65H112O6. The fraction of sp³-hybridized carbons (Fsp3) is 0.738. The minimum absolute atomic E-state index is 0.0802. The Morgan fingerprint density at radius 2 is 0.549 bits per heavy atom. The predicted octanol–water partition coefficient (Wildman–Crippen LogP) is 20.3. The molecule has 0 N–H and O–H groups in total. The minimum Gasteiger partial charge on any atom is -0.462 e. The minimum atomic E-state index is -0.783. The SMILES string of the molecule is CC/C=C\C/C=C\C/C=C\C/C=C\C/C=C\CCCCCCCCCCCCCC(=O)OCC(COC(=O)CCCCCCCCCCCCC)OC(=O)CCCCCCC/C=C\C/C=C\CCCCC. The Morgan fingerprint density at radius 3 is 0.887 bits per heavy atom. The molecule has 0 aliphatic heterocycles. The van der Waals surface area contributed by atoms with Crippen molar-refractivity contribution in [2.75, 3.05) is 13.2 Å². The van der Waals surface area contributed by atoms with Gasteiger partial charge < -0.3 is 14.2 Å². The summed E-state index contributed by atoms with van der Waals surface area (Å²) in [7, 11) is 0. The largest absolute Gasteiger partial charge is 0.462 e. The number of hydrogen-bond donors (Lipinski definition) is 0. The topological polar surface area (TPSA) is 78.9 Å². The Kier molecular flexibility index (Phi) is 56.3. The highest BCUT2D eigenvalue weighted by Crippen LogP contribution is 2.16. The van der Waals surface area contributed by atoms with Gasteiger partial charge in [0, 0.05) is 19.3 Å². The lowest BCUT2D eigenvalue weighted by Crippen LogP contribution is -2.30. The lowest BCUT2D eigenvalue weighted by atomic mass is 10.0. The number of esters is 3. The van der Waals surface area contributed by atoms with Crippen molar-refractivity contribution in [1.29, 1.82) is 0 Å². The molecule has 6 nitrogen and oxygen atoms in total. The molecule has 0 aliphatic carbocycles. The molecule has 0 rings (SSSR count).